The lowest BCUT2D eigenvalue weighted by Gasteiger charge is -2.26. The van der Waals surface area contributed by atoms with Crippen LogP contribution >= 0.6 is 0 Å². The average Bonchev–Trinajstić information content (AvgIpc) is 2.66. The van der Waals surface area contributed by atoms with Crippen molar-refractivity contribution in [1.29, 1.82) is 0 Å². The summed E-state index contributed by atoms with van der Waals surface area (Å²) in [7, 11) is 0. The van der Waals surface area contributed by atoms with E-state index in [2.05, 4.69) is 10.6 Å². The number of ether oxygens (including phenoxy) is 1. The van der Waals surface area contributed by atoms with E-state index in [0.29, 0.717) is 13.0 Å². The van der Waals surface area contributed by atoms with E-state index < -0.39 is 10.8 Å². The maximum absolute atomic E-state index is 12.2. The molecule has 26 heavy (non-hydrogen) atoms. The second-order valence-electron chi connectivity index (χ2n) is 5.79. The molecule has 134 valence electrons. The predicted molar refractivity (Wildman–Crippen MR) is 92.9 cm³/mol. The van der Waals surface area contributed by atoms with Crippen LogP contribution in [0.25, 0.3) is 0 Å². The molecule has 2 amide bonds. The average molecular weight is 355 g/mol. The first-order chi connectivity index (χ1) is 12.5. The molecule has 1 aliphatic heterocycles. The van der Waals surface area contributed by atoms with Crippen LogP contribution < -0.4 is 15.4 Å². The highest BCUT2D eigenvalue weighted by molar-refractivity contribution is 5.97. The summed E-state index contributed by atoms with van der Waals surface area (Å²) in [6.07, 6.45) is 0.640. The molecule has 2 N–H and O–H groups in total. The molecule has 0 bridgehead atoms. The summed E-state index contributed by atoms with van der Waals surface area (Å²) >= 11 is 0. The third kappa shape index (κ3) is 3.97. The van der Waals surface area contributed by atoms with Crippen LogP contribution in [0.2, 0.25) is 0 Å². The zero-order valence-corrected chi connectivity index (χ0v) is 13.8. The molecule has 0 saturated carbocycles. The number of carbonyl (C=O) groups is 2. The smallest absolute Gasteiger partial charge is 0.270 e. The molecule has 8 nitrogen and oxygen atoms in total. The minimum Gasteiger partial charge on any atom is -0.493 e. The van der Waals surface area contributed by atoms with Gasteiger partial charge < -0.3 is 15.4 Å². The number of nitrogens with one attached hydrogen (secondary N) is 2. The third-order valence-electron chi connectivity index (χ3n) is 4.02. The van der Waals surface area contributed by atoms with Crippen molar-refractivity contribution in [2.24, 2.45) is 0 Å². The Hall–Kier alpha value is -3.42. The Morgan fingerprint density at radius 3 is 2.81 bits per heavy atom. The summed E-state index contributed by atoms with van der Waals surface area (Å²) in [6, 6.07) is 12.6. The molecule has 1 heterocycles. The van der Waals surface area contributed by atoms with E-state index in [0.717, 1.165) is 11.3 Å². The lowest BCUT2D eigenvalue weighted by atomic mass is 10.0. The van der Waals surface area contributed by atoms with Gasteiger partial charge in [-0.2, -0.15) is 0 Å². The molecule has 1 unspecified atom stereocenters. The monoisotopic (exact) mass is 355 g/mol. The molecule has 8 heteroatoms. The van der Waals surface area contributed by atoms with E-state index in [1.165, 1.54) is 24.3 Å². The van der Waals surface area contributed by atoms with Gasteiger partial charge >= 0.3 is 0 Å². The molecular formula is C18H17N3O5. The summed E-state index contributed by atoms with van der Waals surface area (Å²) in [5.41, 5.74) is 0.849. The van der Waals surface area contributed by atoms with Gasteiger partial charge in [0.25, 0.3) is 11.6 Å². The van der Waals surface area contributed by atoms with Crippen LogP contribution in [0.5, 0.6) is 5.75 Å². The Kier molecular flexibility index (Phi) is 5.12. The number of nitro benzene ring substituents is 1. The molecule has 0 spiro atoms. The van der Waals surface area contributed by atoms with Crippen LogP contribution in [0.15, 0.2) is 48.5 Å². The number of rotatable bonds is 5. The Morgan fingerprint density at radius 1 is 1.19 bits per heavy atom. The van der Waals surface area contributed by atoms with Crippen LogP contribution in [0, 0.1) is 10.1 Å². The number of benzene rings is 2. The number of hydrogen-bond donors (Lipinski definition) is 2. The highest BCUT2D eigenvalue weighted by Gasteiger charge is 2.22. The van der Waals surface area contributed by atoms with Crippen molar-refractivity contribution >= 4 is 17.5 Å². The molecule has 0 aromatic heterocycles. The summed E-state index contributed by atoms with van der Waals surface area (Å²) < 4.78 is 5.55. The number of amides is 2. The van der Waals surface area contributed by atoms with Gasteiger partial charge in [0, 0.05) is 29.7 Å². The van der Waals surface area contributed by atoms with E-state index in [9.17, 15) is 19.7 Å². The molecule has 0 radical (unpaired) electrons. The molecule has 0 aliphatic carbocycles. The number of para-hydroxylation sites is 1. The molecule has 1 atom stereocenters. The Labute approximate surface area is 149 Å². The third-order valence-corrected chi connectivity index (χ3v) is 4.02. The number of carbonyl (C=O) groups excluding carboxylic acids is 2. The van der Waals surface area contributed by atoms with Crippen molar-refractivity contribution in [3.05, 3.63) is 69.8 Å². The Bertz CT molecular complexity index is 852. The highest BCUT2D eigenvalue weighted by Crippen LogP contribution is 2.31. The summed E-state index contributed by atoms with van der Waals surface area (Å²) in [4.78, 5) is 34.4. The maximum Gasteiger partial charge on any atom is 0.270 e. The van der Waals surface area contributed by atoms with Crippen LogP contribution in [0.3, 0.4) is 0 Å². The Morgan fingerprint density at radius 2 is 2.00 bits per heavy atom. The van der Waals surface area contributed by atoms with Gasteiger partial charge in [0.2, 0.25) is 5.91 Å². The number of nitrogens with zero attached hydrogens (tertiary/aromatic N) is 1. The van der Waals surface area contributed by atoms with Crippen LogP contribution in [0.4, 0.5) is 5.69 Å². The zero-order chi connectivity index (χ0) is 18.5. The van der Waals surface area contributed by atoms with Crippen molar-refractivity contribution in [2.75, 3.05) is 13.2 Å². The molecule has 3 rings (SSSR count). The number of non-ortho nitro benzene ring substituents is 1. The summed E-state index contributed by atoms with van der Waals surface area (Å²) in [6.45, 7) is 0.281. The van der Waals surface area contributed by atoms with Crippen molar-refractivity contribution in [2.45, 2.75) is 12.5 Å². The SMILES string of the molecule is O=C(CNC(=O)c1cccc([N+](=O)[O-])c1)NC1CCOc2ccccc21. The fraction of sp³-hybridized carbons (Fsp3) is 0.222. The topological polar surface area (TPSA) is 111 Å². The van der Waals surface area contributed by atoms with E-state index in [1.54, 1.807) is 0 Å². The maximum atomic E-state index is 12.2. The van der Waals surface area contributed by atoms with Gasteiger partial charge in [-0.1, -0.05) is 24.3 Å². The standard InChI is InChI=1S/C18H17N3O5/c22-17(20-15-8-9-26-16-7-2-1-6-14(15)16)11-19-18(23)12-4-3-5-13(10-12)21(24)25/h1-7,10,15H,8-9,11H2,(H,19,23)(H,20,22). The molecule has 2 aromatic rings. The van der Waals surface area contributed by atoms with Crippen molar-refractivity contribution in [1.82, 2.24) is 10.6 Å². The second kappa shape index (κ2) is 7.64. The van der Waals surface area contributed by atoms with E-state index in [-0.39, 0.29) is 29.7 Å². The highest BCUT2D eigenvalue weighted by atomic mass is 16.6. The first-order valence-electron chi connectivity index (χ1n) is 8.08. The number of nitro groups is 1. The molecular weight excluding hydrogens is 338 g/mol. The van der Waals surface area contributed by atoms with E-state index >= 15 is 0 Å². The predicted octanol–water partition coefficient (Wildman–Crippen LogP) is 1.96. The first kappa shape index (κ1) is 17.4. The Balaban J connectivity index is 1.57. The lowest BCUT2D eigenvalue weighted by molar-refractivity contribution is -0.384. The molecule has 0 fully saturated rings. The van der Waals surface area contributed by atoms with Crippen LogP contribution in [0.1, 0.15) is 28.4 Å². The summed E-state index contributed by atoms with van der Waals surface area (Å²) in [5.74, 6) is -0.147. The van der Waals surface area contributed by atoms with Gasteiger partial charge in [-0.05, 0) is 12.1 Å². The number of hydrogen-bond acceptors (Lipinski definition) is 5. The fourth-order valence-electron chi connectivity index (χ4n) is 2.76. The van der Waals surface area contributed by atoms with Crippen LogP contribution in [-0.2, 0) is 4.79 Å². The normalized spacial score (nSPS) is 15.3. The summed E-state index contributed by atoms with van der Waals surface area (Å²) in [5, 5.41) is 16.1. The first-order valence-corrected chi connectivity index (χ1v) is 8.08. The zero-order valence-electron chi connectivity index (χ0n) is 13.8. The van der Waals surface area contributed by atoms with Gasteiger partial charge in [0.15, 0.2) is 0 Å². The molecule has 2 aromatic carbocycles. The number of fused-ring (bicyclic) bond motifs is 1. The van der Waals surface area contributed by atoms with Gasteiger partial charge in [0.05, 0.1) is 24.1 Å². The van der Waals surface area contributed by atoms with Gasteiger partial charge in [-0.3, -0.25) is 19.7 Å². The molecule has 0 saturated heterocycles. The van der Waals surface area contributed by atoms with Crippen molar-refractivity contribution < 1.29 is 19.2 Å². The quantitative estimate of drug-likeness (QED) is 0.629. The second-order valence-corrected chi connectivity index (χ2v) is 5.79. The molecule has 1 aliphatic rings. The van der Waals surface area contributed by atoms with Gasteiger partial charge in [-0.25, -0.2) is 0 Å². The van der Waals surface area contributed by atoms with Crippen molar-refractivity contribution in [3.8, 4) is 5.75 Å². The van der Waals surface area contributed by atoms with Crippen LogP contribution in [-0.4, -0.2) is 29.9 Å². The fourth-order valence-corrected chi connectivity index (χ4v) is 2.76. The lowest BCUT2D eigenvalue weighted by Crippen LogP contribution is -2.40. The minimum atomic E-state index is -0.577. The van der Waals surface area contributed by atoms with Gasteiger partial charge in [-0.15, -0.1) is 0 Å². The van der Waals surface area contributed by atoms with Gasteiger partial charge in [0.1, 0.15) is 5.75 Å². The van der Waals surface area contributed by atoms with Crippen molar-refractivity contribution in [3.63, 3.8) is 0 Å². The van der Waals surface area contributed by atoms with E-state index in [1.807, 2.05) is 24.3 Å². The minimum absolute atomic E-state index is 0.128. The van der Waals surface area contributed by atoms with E-state index in [4.69, 9.17) is 4.74 Å². The largest absolute Gasteiger partial charge is 0.493 e.